The van der Waals surface area contributed by atoms with Gasteiger partial charge in [0.2, 0.25) is 0 Å². The summed E-state index contributed by atoms with van der Waals surface area (Å²) in [6.45, 7) is 3.08. The number of hydrogen-bond acceptors (Lipinski definition) is 4. The van der Waals surface area contributed by atoms with Gasteiger partial charge in [0.15, 0.2) is 12.9 Å². The average Bonchev–Trinajstić information content (AvgIpc) is 2.68. The van der Waals surface area contributed by atoms with Crippen molar-refractivity contribution in [3.63, 3.8) is 0 Å². The molecular formula is C21H23FN2O3. The van der Waals surface area contributed by atoms with Gasteiger partial charge in [-0.1, -0.05) is 18.2 Å². The van der Waals surface area contributed by atoms with Crippen LogP contribution in [0, 0.1) is 12.7 Å². The number of amides is 1. The van der Waals surface area contributed by atoms with Gasteiger partial charge in [0, 0.05) is 19.1 Å². The number of carbonyl (C=O) groups is 2. The van der Waals surface area contributed by atoms with Crippen LogP contribution in [0.4, 0.5) is 10.1 Å². The zero-order valence-corrected chi connectivity index (χ0v) is 15.3. The van der Waals surface area contributed by atoms with Gasteiger partial charge in [-0.15, -0.1) is 0 Å². The molecule has 3 rings (SSSR count). The van der Waals surface area contributed by atoms with Crippen LogP contribution in [0.5, 0.6) is 5.75 Å². The first-order chi connectivity index (χ1) is 13.1. The molecule has 0 spiro atoms. The summed E-state index contributed by atoms with van der Waals surface area (Å²) in [5, 5.41) is 2.94. The molecular weight excluding hydrogens is 347 g/mol. The number of nitrogens with zero attached hydrogens (tertiary/aromatic N) is 1. The van der Waals surface area contributed by atoms with Crippen molar-refractivity contribution < 1.29 is 18.7 Å². The Balaban J connectivity index is 1.56. The number of aldehydes is 1. The molecule has 0 radical (unpaired) electrons. The molecule has 0 bridgehead atoms. The fourth-order valence-corrected chi connectivity index (χ4v) is 3.30. The Labute approximate surface area is 158 Å². The summed E-state index contributed by atoms with van der Waals surface area (Å²) >= 11 is 0. The minimum Gasteiger partial charge on any atom is -0.483 e. The smallest absolute Gasteiger partial charge is 0.258 e. The molecule has 6 heteroatoms. The Morgan fingerprint density at radius 1 is 1.33 bits per heavy atom. The van der Waals surface area contributed by atoms with Crippen molar-refractivity contribution in [3.05, 3.63) is 59.4 Å². The Morgan fingerprint density at radius 2 is 2.15 bits per heavy atom. The monoisotopic (exact) mass is 370 g/mol. The molecule has 142 valence electrons. The zero-order chi connectivity index (χ0) is 19.2. The molecule has 1 atom stereocenters. The van der Waals surface area contributed by atoms with Gasteiger partial charge >= 0.3 is 0 Å². The highest BCUT2D eigenvalue weighted by molar-refractivity contribution is 5.81. The number of ether oxygens (including phenoxy) is 1. The molecule has 2 aromatic rings. The minimum atomic E-state index is -0.257. The Hall–Kier alpha value is -2.89. The number of halogens is 1. The van der Waals surface area contributed by atoms with Gasteiger partial charge in [0.1, 0.15) is 11.6 Å². The van der Waals surface area contributed by atoms with E-state index in [0.717, 1.165) is 24.9 Å². The maximum Gasteiger partial charge on any atom is 0.258 e. The predicted octanol–water partition coefficient (Wildman–Crippen LogP) is 3.11. The van der Waals surface area contributed by atoms with Crippen LogP contribution in [0.1, 0.15) is 28.8 Å². The van der Waals surface area contributed by atoms with E-state index in [1.54, 1.807) is 30.3 Å². The third kappa shape index (κ3) is 4.84. The molecule has 0 aliphatic carbocycles. The van der Waals surface area contributed by atoms with Gasteiger partial charge in [-0.25, -0.2) is 4.39 Å². The van der Waals surface area contributed by atoms with Crippen LogP contribution in [0.15, 0.2) is 42.5 Å². The van der Waals surface area contributed by atoms with E-state index in [1.165, 1.54) is 6.07 Å². The molecule has 0 aromatic heterocycles. The van der Waals surface area contributed by atoms with Crippen molar-refractivity contribution in [2.24, 2.45) is 0 Å². The first kappa shape index (κ1) is 18.9. The number of carbonyl (C=O) groups excluding carboxylic acids is 2. The van der Waals surface area contributed by atoms with E-state index in [2.05, 4.69) is 5.32 Å². The van der Waals surface area contributed by atoms with E-state index in [1.807, 2.05) is 17.9 Å². The maximum atomic E-state index is 14.1. The molecule has 1 N–H and O–H groups in total. The second-order valence-electron chi connectivity index (χ2n) is 6.75. The number of aryl methyl sites for hydroxylation is 1. The van der Waals surface area contributed by atoms with Crippen LogP contribution >= 0.6 is 0 Å². The molecule has 1 aliphatic heterocycles. The molecule has 1 amide bonds. The average molecular weight is 370 g/mol. The summed E-state index contributed by atoms with van der Waals surface area (Å²) in [5.74, 6) is -0.122. The first-order valence-corrected chi connectivity index (χ1v) is 9.04. The fraction of sp³-hybridized carbons (Fsp3) is 0.333. The summed E-state index contributed by atoms with van der Waals surface area (Å²) < 4.78 is 19.6. The van der Waals surface area contributed by atoms with E-state index in [-0.39, 0.29) is 24.4 Å². The van der Waals surface area contributed by atoms with E-state index >= 15 is 0 Å². The van der Waals surface area contributed by atoms with E-state index < -0.39 is 0 Å². The minimum absolute atomic E-state index is 0.0731. The van der Waals surface area contributed by atoms with Crippen molar-refractivity contribution in [2.75, 3.05) is 24.6 Å². The third-order valence-corrected chi connectivity index (χ3v) is 4.63. The predicted molar refractivity (Wildman–Crippen MR) is 102 cm³/mol. The number of hydrogen-bond donors (Lipinski definition) is 1. The number of benzene rings is 2. The lowest BCUT2D eigenvalue weighted by molar-refractivity contribution is -0.123. The molecule has 5 nitrogen and oxygen atoms in total. The van der Waals surface area contributed by atoms with Crippen LogP contribution in [0.25, 0.3) is 0 Å². The Morgan fingerprint density at radius 3 is 2.96 bits per heavy atom. The van der Waals surface area contributed by atoms with Crippen molar-refractivity contribution in [1.82, 2.24) is 5.32 Å². The van der Waals surface area contributed by atoms with Gasteiger partial charge in [-0.2, -0.15) is 0 Å². The lowest BCUT2D eigenvalue weighted by Gasteiger charge is -2.35. The molecule has 1 unspecified atom stereocenters. The van der Waals surface area contributed by atoms with Crippen LogP contribution in [-0.2, 0) is 4.79 Å². The Bertz CT molecular complexity index is 825. The number of piperidine rings is 1. The largest absolute Gasteiger partial charge is 0.483 e. The number of nitrogens with one attached hydrogen (secondary N) is 1. The highest BCUT2D eigenvalue weighted by Crippen LogP contribution is 2.24. The summed E-state index contributed by atoms with van der Waals surface area (Å²) in [6.07, 6.45) is 2.40. The normalized spacial score (nSPS) is 16.7. The first-order valence-electron chi connectivity index (χ1n) is 9.04. The number of para-hydroxylation sites is 1. The summed E-state index contributed by atoms with van der Waals surface area (Å²) in [4.78, 5) is 25.2. The number of rotatable bonds is 6. The lowest BCUT2D eigenvalue weighted by Crippen LogP contribution is -2.49. The van der Waals surface area contributed by atoms with Crippen LogP contribution < -0.4 is 15.0 Å². The molecule has 0 saturated carbocycles. The lowest BCUT2D eigenvalue weighted by atomic mass is 10.0. The van der Waals surface area contributed by atoms with Crippen molar-refractivity contribution >= 4 is 17.9 Å². The molecule has 27 heavy (non-hydrogen) atoms. The van der Waals surface area contributed by atoms with Gasteiger partial charge in [0.05, 0.1) is 11.3 Å². The second kappa shape index (κ2) is 8.66. The zero-order valence-electron chi connectivity index (χ0n) is 15.3. The van der Waals surface area contributed by atoms with Gasteiger partial charge < -0.3 is 15.0 Å². The van der Waals surface area contributed by atoms with Crippen molar-refractivity contribution in [2.45, 2.75) is 25.8 Å². The fourth-order valence-electron chi connectivity index (χ4n) is 3.30. The molecule has 1 saturated heterocycles. The number of anilines is 1. The van der Waals surface area contributed by atoms with Crippen LogP contribution in [0.2, 0.25) is 0 Å². The molecule has 1 aliphatic rings. The topological polar surface area (TPSA) is 58.6 Å². The molecule has 1 heterocycles. The van der Waals surface area contributed by atoms with Gasteiger partial charge in [0.25, 0.3) is 5.91 Å². The summed E-state index contributed by atoms with van der Waals surface area (Å²) in [5.41, 5.74) is 1.98. The molecule has 2 aromatic carbocycles. The third-order valence-electron chi connectivity index (χ3n) is 4.63. The van der Waals surface area contributed by atoms with Crippen LogP contribution in [-0.4, -0.2) is 37.9 Å². The quantitative estimate of drug-likeness (QED) is 0.794. The highest BCUT2D eigenvalue weighted by Gasteiger charge is 2.23. The van der Waals surface area contributed by atoms with Crippen molar-refractivity contribution in [1.29, 1.82) is 0 Å². The van der Waals surface area contributed by atoms with E-state index in [0.29, 0.717) is 29.8 Å². The van der Waals surface area contributed by atoms with Crippen LogP contribution in [0.3, 0.4) is 0 Å². The second-order valence-corrected chi connectivity index (χ2v) is 6.75. The maximum absolute atomic E-state index is 14.1. The van der Waals surface area contributed by atoms with E-state index in [9.17, 15) is 14.0 Å². The summed E-state index contributed by atoms with van der Waals surface area (Å²) in [6, 6.07) is 11.7. The Kier molecular flexibility index (Phi) is 6.06. The molecule has 1 fully saturated rings. The van der Waals surface area contributed by atoms with Gasteiger partial charge in [-0.3, -0.25) is 9.59 Å². The van der Waals surface area contributed by atoms with E-state index in [4.69, 9.17) is 4.74 Å². The van der Waals surface area contributed by atoms with Crippen molar-refractivity contribution in [3.8, 4) is 5.75 Å². The van der Waals surface area contributed by atoms with Gasteiger partial charge in [-0.05, 0) is 49.6 Å². The SMILES string of the molecule is Cc1ccc(F)c(N2CCCC(NC(=O)COc3ccccc3C=O)C2)c1. The standard InChI is InChI=1S/C21H23FN2O3/c1-15-8-9-18(22)19(11-15)24-10-4-6-17(12-24)23-21(26)14-27-20-7-3-2-5-16(20)13-25/h2-3,5,7-9,11,13,17H,4,6,10,12,14H2,1H3,(H,23,26). The summed E-state index contributed by atoms with van der Waals surface area (Å²) in [7, 11) is 0. The highest BCUT2D eigenvalue weighted by atomic mass is 19.1.